The van der Waals surface area contributed by atoms with Gasteiger partial charge >= 0.3 is 5.97 Å². The zero-order valence-corrected chi connectivity index (χ0v) is 15.2. The third-order valence-corrected chi connectivity index (χ3v) is 4.42. The number of carbonyl (C=O) groups is 3. The number of carboxylic acids is 1. The van der Waals surface area contributed by atoms with Crippen LogP contribution in [0, 0.1) is 17.6 Å². The normalized spacial score (nSPS) is 17.9. The molecule has 1 aromatic rings. The number of hydrogen-bond acceptors (Lipinski definition) is 4. The van der Waals surface area contributed by atoms with E-state index in [1.54, 1.807) is 0 Å². The maximum absolute atomic E-state index is 13.2. The fraction of sp³-hybridized carbons (Fsp3) is 0.500. The van der Waals surface area contributed by atoms with Gasteiger partial charge in [0.25, 0.3) is 5.91 Å². The van der Waals surface area contributed by atoms with Crippen LogP contribution in [-0.4, -0.2) is 65.5 Å². The van der Waals surface area contributed by atoms with Crippen molar-refractivity contribution in [3.8, 4) is 5.75 Å². The summed E-state index contributed by atoms with van der Waals surface area (Å²) in [6.07, 6.45) is 0.101. The standard InChI is InChI=1S/C18H22F2N2O5/c1-11(27-13-5-6-14(19)15(20)8-13)17(24)21(2)10-16(23)22-7-3-4-12(9-22)18(25)26/h5-6,8,11-12H,3-4,7,9-10H2,1-2H3,(H,25,26). The number of ether oxygens (including phenoxy) is 1. The molecule has 1 N–H and O–H groups in total. The van der Waals surface area contributed by atoms with Gasteiger partial charge in [0, 0.05) is 26.2 Å². The van der Waals surface area contributed by atoms with Crippen molar-refractivity contribution < 1.29 is 33.0 Å². The summed E-state index contributed by atoms with van der Waals surface area (Å²) in [5.74, 6) is -4.52. The minimum absolute atomic E-state index is 0.00481. The number of aliphatic carboxylic acids is 1. The van der Waals surface area contributed by atoms with E-state index in [4.69, 9.17) is 9.84 Å². The molecule has 27 heavy (non-hydrogen) atoms. The summed E-state index contributed by atoms with van der Waals surface area (Å²) in [6, 6.07) is 2.93. The van der Waals surface area contributed by atoms with Crippen LogP contribution in [0.15, 0.2) is 18.2 Å². The molecule has 0 bridgehead atoms. The highest BCUT2D eigenvalue weighted by molar-refractivity contribution is 5.87. The Hall–Kier alpha value is -2.71. The molecule has 148 valence electrons. The van der Waals surface area contributed by atoms with Crippen LogP contribution in [0.2, 0.25) is 0 Å². The van der Waals surface area contributed by atoms with Crippen LogP contribution in [0.4, 0.5) is 8.78 Å². The van der Waals surface area contributed by atoms with Crippen molar-refractivity contribution in [3.05, 3.63) is 29.8 Å². The molecule has 9 heteroatoms. The zero-order chi connectivity index (χ0) is 20.1. The van der Waals surface area contributed by atoms with E-state index >= 15 is 0 Å². The SMILES string of the molecule is CC(Oc1ccc(F)c(F)c1)C(=O)N(C)CC(=O)N1CCCC(C(=O)O)C1. The first-order valence-corrected chi connectivity index (χ1v) is 8.56. The molecule has 1 aliphatic rings. The molecule has 7 nitrogen and oxygen atoms in total. The van der Waals surface area contributed by atoms with Gasteiger partial charge in [0.2, 0.25) is 5.91 Å². The third kappa shape index (κ3) is 5.38. The molecule has 0 spiro atoms. The summed E-state index contributed by atoms with van der Waals surface area (Å²) in [5.41, 5.74) is 0. The number of likely N-dealkylation sites (tertiary alicyclic amines) is 1. The maximum Gasteiger partial charge on any atom is 0.308 e. The highest BCUT2D eigenvalue weighted by atomic mass is 19.2. The Morgan fingerprint density at radius 3 is 2.67 bits per heavy atom. The molecule has 2 unspecified atom stereocenters. The number of carboxylic acid groups (broad SMARTS) is 1. The Bertz CT molecular complexity index is 728. The second kappa shape index (κ2) is 8.79. The van der Waals surface area contributed by atoms with Crippen LogP contribution in [0.1, 0.15) is 19.8 Å². The molecule has 2 amide bonds. The Kier molecular flexibility index (Phi) is 6.70. The van der Waals surface area contributed by atoms with Crippen LogP contribution in [0.5, 0.6) is 5.75 Å². The van der Waals surface area contributed by atoms with Crippen molar-refractivity contribution in [1.82, 2.24) is 9.80 Å². The van der Waals surface area contributed by atoms with E-state index in [0.29, 0.717) is 19.4 Å². The van der Waals surface area contributed by atoms with Crippen LogP contribution < -0.4 is 4.74 Å². The van der Waals surface area contributed by atoms with Crippen molar-refractivity contribution in [2.24, 2.45) is 5.92 Å². The zero-order valence-electron chi connectivity index (χ0n) is 15.2. The molecule has 0 aliphatic carbocycles. The number of hydrogen-bond donors (Lipinski definition) is 1. The van der Waals surface area contributed by atoms with E-state index in [0.717, 1.165) is 17.0 Å². The molecule has 2 rings (SSSR count). The summed E-state index contributed by atoms with van der Waals surface area (Å²) < 4.78 is 31.5. The average molecular weight is 384 g/mol. The van der Waals surface area contributed by atoms with E-state index in [1.165, 1.54) is 24.9 Å². The smallest absolute Gasteiger partial charge is 0.308 e. The number of piperidine rings is 1. The first-order valence-electron chi connectivity index (χ1n) is 8.56. The van der Waals surface area contributed by atoms with Crippen LogP contribution in [0.3, 0.4) is 0 Å². The molecule has 1 fully saturated rings. The number of likely N-dealkylation sites (N-methyl/N-ethyl adjacent to an activating group) is 1. The predicted octanol–water partition coefficient (Wildman–Crippen LogP) is 1.51. The molecular formula is C18H22F2N2O5. The Morgan fingerprint density at radius 2 is 2.04 bits per heavy atom. The number of carbonyl (C=O) groups excluding carboxylic acids is 2. The van der Waals surface area contributed by atoms with Gasteiger partial charge in [-0.25, -0.2) is 8.78 Å². The van der Waals surface area contributed by atoms with Gasteiger partial charge in [-0.1, -0.05) is 0 Å². The quantitative estimate of drug-likeness (QED) is 0.804. The van der Waals surface area contributed by atoms with E-state index in [1.807, 2.05) is 0 Å². The first-order chi connectivity index (χ1) is 12.7. The second-order valence-electron chi connectivity index (χ2n) is 6.55. The van der Waals surface area contributed by atoms with Gasteiger partial charge in [0.15, 0.2) is 17.7 Å². The Balaban J connectivity index is 1.90. The summed E-state index contributed by atoms with van der Waals surface area (Å²) in [6.45, 7) is 1.78. The summed E-state index contributed by atoms with van der Waals surface area (Å²) in [4.78, 5) is 38.4. The Morgan fingerprint density at radius 1 is 1.33 bits per heavy atom. The lowest BCUT2D eigenvalue weighted by atomic mass is 9.98. The van der Waals surface area contributed by atoms with E-state index in [9.17, 15) is 23.2 Å². The lowest BCUT2D eigenvalue weighted by molar-refractivity contribution is -0.148. The molecule has 1 heterocycles. The van der Waals surface area contributed by atoms with Crippen molar-refractivity contribution in [2.45, 2.75) is 25.9 Å². The number of benzene rings is 1. The molecule has 0 aromatic heterocycles. The number of halogens is 2. The van der Waals surface area contributed by atoms with Gasteiger partial charge < -0.3 is 19.6 Å². The maximum atomic E-state index is 13.2. The van der Waals surface area contributed by atoms with E-state index < -0.39 is 35.5 Å². The fourth-order valence-electron chi connectivity index (χ4n) is 2.90. The van der Waals surface area contributed by atoms with Crippen molar-refractivity contribution >= 4 is 17.8 Å². The number of nitrogens with zero attached hydrogens (tertiary/aromatic N) is 2. The lowest BCUT2D eigenvalue weighted by Crippen LogP contribution is -2.48. The van der Waals surface area contributed by atoms with Gasteiger partial charge in [-0.05, 0) is 31.9 Å². The largest absolute Gasteiger partial charge is 0.481 e. The molecule has 1 aromatic carbocycles. The fourth-order valence-corrected chi connectivity index (χ4v) is 2.90. The van der Waals surface area contributed by atoms with Crippen LogP contribution in [-0.2, 0) is 14.4 Å². The number of amides is 2. The van der Waals surface area contributed by atoms with Gasteiger partial charge in [0.1, 0.15) is 5.75 Å². The van der Waals surface area contributed by atoms with Gasteiger partial charge in [-0.3, -0.25) is 14.4 Å². The van der Waals surface area contributed by atoms with Crippen LogP contribution in [0.25, 0.3) is 0 Å². The van der Waals surface area contributed by atoms with E-state index in [-0.39, 0.29) is 24.7 Å². The first kappa shape index (κ1) is 20.6. The molecule has 1 saturated heterocycles. The predicted molar refractivity (Wildman–Crippen MR) is 91.0 cm³/mol. The molecular weight excluding hydrogens is 362 g/mol. The topological polar surface area (TPSA) is 87.2 Å². The molecule has 2 atom stereocenters. The Labute approximate surface area is 155 Å². The van der Waals surface area contributed by atoms with Crippen molar-refractivity contribution in [1.29, 1.82) is 0 Å². The molecule has 0 saturated carbocycles. The monoisotopic (exact) mass is 384 g/mol. The summed E-state index contributed by atoms with van der Waals surface area (Å²) in [5, 5.41) is 9.09. The van der Waals surface area contributed by atoms with Crippen molar-refractivity contribution in [3.63, 3.8) is 0 Å². The second-order valence-corrected chi connectivity index (χ2v) is 6.55. The number of rotatable bonds is 6. The van der Waals surface area contributed by atoms with Gasteiger partial charge in [-0.15, -0.1) is 0 Å². The highest BCUT2D eigenvalue weighted by Gasteiger charge is 2.30. The van der Waals surface area contributed by atoms with Crippen LogP contribution >= 0.6 is 0 Å². The lowest BCUT2D eigenvalue weighted by Gasteiger charge is -2.32. The van der Waals surface area contributed by atoms with Crippen molar-refractivity contribution in [2.75, 3.05) is 26.7 Å². The van der Waals surface area contributed by atoms with E-state index in [2.05, 4.69) is 0 Å². The summed E-state index contributed by atoms with van der Waals surface area (Å²) in [7, 11) is 1.42. The molecule has 1 aliphatic heterocycles. The minimum atomic E-state index is -1.09. The van der Waals surface area contributed by atoms with Gasteiger partial charge in [-0.2, -0.15) is 0 Å². The average Bonchev–Trinajstić information content (AvgIpc) is 2.64. The summed E-state index contributed by atoms with van der Waals surface area (Å²) >= 11 is 0. The minimum Gasteiger partial charge on any atom is -0.481 e. The highest BCUT2D eigenvalue weighted by Crippen LogP contribution is 2.18. The third-order valence-electron chi connectivity index (χ3n) is 4.42. The molecule has 0 radical (unpaired) electrons. The van der Waals surface area contributed by atoms with Gasteiger partial charge in [0.05, 0.1) is 12.5 Å².